The van der Waals surface area contributed by atoms with Gasteiger partial charge in [-0.1, -0.05) is 54.6 Å². The predicted octanol–water partition coefficient (Wildman–Crippen LogP) is 5.00. The average molecular weight is 503 g/mol. The van der Waals surface area contributed by atoms with Crippen molar-refractivity contribution in [2.75, 3.05) is 26.5 Å². The summed E-state index contributed by atoms with van der Waals surface area (Å²) in [5.41, 5.74) is 3.06. The number of carbonyl (C=O) groups excluding carboxylic acids is 1. The number of rotatable bonds is 9. The van der Waals surface area contributed by atoms with Crippen LogP contribution in [0.4, 0.5) is 0 Å². The van der Waals surface area contributed by atoms with Crippen LogP contribution in [0, 0.1) is 0 Å². The summed E-state index contributed by atoms with van der Waals surface area (Å²) in [5.74, 6) is 0.291. The predicted molar refractivity (Wildman–Crippen MR) is 144 cm³/mol. The molecular weight excluding hydrogens is 472 g/mol. The van der Waals surface area contributed by atoms with Crippen molar-refractivity contribution >= 4 is 26.5 Å². The van der Waals surface area contributed by atoms with Crippen LogP contribution < -0.4 is 15.4 Å². The Morgan fingerprint density at radius 2 is 1.67 bits per heavy atom. The van der Waals surface area contributed by atoms with E-state index >= 15 is 0 Å². The van der Waals surface area contributed by atoms with E-state index in [1.165, 1.54) is 22.6 Å². The molecule has 36 heavy (non-hydrogen) atoms. The number of benzene rings is 4. The average Bonchev–Trinajstić information content (AvgIpc) is 2.89. The first-order chi connectivity index (χ1) is 17.3. The Hall–Kier alpha value is -3.68. The van der Waals surface area contributed by atoms with Crippen molar-refractivity contribution in [1.82, 2.24) is 10.6 Å². The lowest BCUT2D eigenvalue weighted by atomic mass is 10.00. The summed E-state index contributed by atoms with van der Waals surface area (Å²) in [6, 6.07) is 26.7. The SMILES string of the molecule is CNC(=O)c1cc(OCCN[C@H](C)c2cccc3ccccc23)cc(-c2cccc(S(C)(=O)=O)c2)c1. The molecule has 6 nitrogen and oxygen atoms in total. The maximum Gasteiger partial charge on any atom is 0.251 e. The zero-order valence-corrected chi connectivity index (χ0v) is 21.4. The summed E-state index contributed by atoms with van der Waals surface area (Å²) in [5, 5.41) is 8.57. The van der Waals surface area contributed by atoms with Gasteiger partial charge in [0.25, 0.3) is 5.91 Å². The molecule has 0 saturated heterocycles. The largest absolute Gasteiger partial charge is 0.492 e. The second-order valence-corrected chi connectivity index (χ2v) is 10.7. The van der Waals surface area contributed by atoms with Gasteiger partial charge in [0.2, 0.25) is 0 Å². The van der Waals surface area contributed by atoms with E-state index in [0.29, 0.717) is 35.6 Å². The van der Waals surface area contributed by atoms with Gasteiger partial charge in [0.05, 0.1) is 4.90 Å². The van der Waals surface area contributed by atoms with Crippen LogP contribution >= 0.6 is 0 Å². The Kier molecular flexibility index (Phi) is 7.72. The van der Waals surface area contributed by atoms with Gasteiger partial charge in [0.1, 0.15) is 12.4 Å². The van der Waals surface area contributed by atoms with E-state index in [0.717, 1.165) is 0 Å². The molecular formula is C29H30N2O4S. The van der Waals surface area contributed by atoms with Gasteiger partial charge in [-0.2, -0.15) is 0 Å². The van der Waals surface area contributed by atoms with Crippen molar-refractivity contribution in [3.63, 3.8) is 0 Å². The zero-order valence-electron chi connectivity index (χ0n) is 20.6. The third-order valence-corrected chi connectivity index (χ3v) is 7.21. The number of fused-ring (bicyclic) bond motifs is 1. The molecule has 4 rings (SSSR count). The van der Waals surface area contributed by atoms with E-state index < -0.39 is 9.84 Å². The van der Waals surface area contributed by atoms with Crippen LogP contribution in [-0.2, 0) is 9.84 Å². The molecule has 0 radical (unpaired) electrons. The molecule has 0 bridgehead atoms. The molecule has 0 aliphatic carbocycles. The maximum atomic E-state index is 12.4. The van der Waals surface area contributed by atoms with Crippen LogP contribution in [0.25, 0.3) is 21.9 Å². The first kappa shape index (κ1) is 25.4. The molecule has 186 valence electrons. The number of carbonyl (C=O) groups is 1. The van der Waals surface area contributed by atoms with Gasteiger partial charge in [-0.3, -0.25) is 4.79 Å². The molecule has 0 aliphatic heterocycles. The molecule has 0 heterocycles. The fraction of sp³-hybridized carbons (Fsp3) is 0.207. The highest BCUT2D eigenvalue weighted by Gasteiger charge is 2.13. The summed E-state index contributed by atoms with van der Waals surface area (Å²) in [4.78, 5) is 12.6. The first-order valence-electron chi connectivity index (χ1n) is 11.8. The molecule has 0 unspecified atom stereocenters. The summed E-state index contributed by atoms with van der Waals surface area (Å²) in [6.07, 6.45) is 1.17. The Bertz CT molecular complexity index is 1490. The molecule has 0 aliphatic rings. The third-order valence-electron chi connectivity index (χ3n) is 6.10. The van der Waals surface area contributed by atoms with Gasteiger partial charge in [0, 0.05) is 31.5 Å². The van der Waals surface area contributed by atoms with E-state index in [4.69, 9.17) is 4.74 Å². The van der Waals surface area contributed by atoms with Crippen molar-refractivity contribution in [3.05, 3.63) is 96.1 Å². The van der Waals surface area contributed by atoms with Gasteiger partial charge in [-0.15, -0.1) is 0 Å². The van der Waals surface area contributed by atoms with Gasteiger partial charge in [-0.25, -0.2) is 8.42 Å². The fourth-order valence-electron chi connectivity index (χ4n) is 4.21. The Morgan fingerprint density at radius 3 is 2.44 bits per heavy atom. The topological polar surface area (TPSA) is 84.5 Å². The van der Waals surface area contributed by atoms with Crippen molar-refractivity contribution in [1.29, 1.82) is 0 Å². The Labute approximate surface area is 212 Å². The van der Waals surface area contributed by atoms with Crippen LogP contribution in [0.15, 0.2) is 89.8 Å². The van der Waals surface area contributed by atoms with E-state index in [1.54, 1.807) is 37.4 Å². The van der Waals surface area contributed by atoms with Crippen LogP contribution in [0.2, 0.25) is 0 Å². The molecule has 4 aromatic carbocycles. The number of amides is 1. The molecule has 1 amide bonds. The van der Waals surface area contributed by atoms with Gasteiger partial charge >= 0.3 is 0 Å². The minimum absolute atomic E-state index is 0.131. The smallest absolute Gasteiger partial charge is 0.251 e. The highest BCUT2D eigenvalue weighted by molar-refractivity contribution is 7.90. The number of sulfone groups is 1. The summed E-state index contributed by atoms with van der Waals surface area (Å²) in [7, 11) is -1.79. The lowest BCUT2D eigenvalue weighted by Gasteiger charge is -2.17. The van der Waals surface area contributed by atoms with Crippen LogP contribution in [0.1, 0.15) is 28.9 Å². The molecule has 0 aromatic heterocycles. The fourth-order valence-corrected chi connectivity index (χ4v) is 4.88. The molecule has 7 heteroatoms. The number of hydrogen-bond donors (Lipinski definition) is 2. The number of hydrogen-bond acceptors (Lipinski definition) is 5. The van der Waals surface area contributed by atoms with Crippen molar-refractivity contribution in [3.8, 4) is 16.9 Å². The Balaban J connectivity index is 1.49. The zero-order chi connectivity index (χ0) is 25.7. The normalized spacial score (nSPS) is 12.3. The Morgan fingerprint density at radius 1 is 0.917 bits per heavy atom. The summed E-state index contributed by atoms with van der Waals surface area (Å²) >= 11 is 0. The second kappa shape index (κ2) is 10.9. The van der Waals surface area contributed by atoms with E-state index in [9.17, 15) is 13.2 Å². The monoisotopic (exact) mass is 502 g/mol. The highest BCUT2D eigenvalue weighted by atomic mass is 32.2. The lowest BCUT2D eigenvalue weighted by molar-refractivity contribution is 0.0962. The molecule has 2 N–H and O–H groups in total. The van der Waals surface area contributed by atoms with E-state index in [1.807, 2.05) is 24.3 Å². The van der Waals surface area contributed by atoms with Gasteiger partial charge < -0.3 is 15.4 Å². The van der Waals surface area contributed by atoms with Crippen LogP contribution in [0.3, 0.4) is 0 Å². The summed E-state index contributed by atoms with van der Waals surface area (Å²) in [6.45, 7) is 3.13. The van der Waals surface area contributed by atoms with Gasteiger partial charge in [0.15, 0.2) is 9.84 Å². The standard InChI is InChI=1S/C29H30N2O4S/c1-20(27-13-7-9-21-8-4-5-12-28(21)27)31-14-15-35-25-17-23(16-24(18-25)29(32)30-2)22-10-6-11-26(19-22)36(3,33)34/h4-13,16-20,31H,14-15H2,1-3H3,(H,30,32)/t20-/m1/s1. The van der Waals surface area contributed by atoms with Crippen molar-refractivity contribution in [2.45, 2.75) is 17.9 Å². The van der Waals surface area contributed by atoms with Crippen molar-refractivity contribution in [2.24, 2.45) is 0 Å². The van der Waals surface area contributed by atoms with Crippen LogP contribution in [0.5, 0.6) is 5.75 Å². The number of nitrogens with one attached hydrogen (secondary N) is 2. The van der Waals surface area contributed by atoms with E-state index in [-0.39, 0.29) is 16.8 Å². The molecule has 4 aromatic rings. The van der Waals surface area contributed by atoms with Crippen molar-refractivity contribution < 1.29 is 17.9 Å². The minimum Gasteiger partial charge on any atom is -0.492 e. The molecule has 1 atom stereocenters. The first-order valence-corrected chi connectivity index (χ1v) is 13.7. The third kappa shape index (κ3) is 5.93. The molecule has 0 spiro atoms. The van der Waals surface area contributed by atoms with E-state index in [2.05, 4.69) is 47.9 Å². The number of ether oxygens (including phenoxy) is 1. The maximum absolute atomic E-state index is 12.4. The second-order valence-electron chi connectivity index (χ2n) is 8.72. The quantitative estimate of drug-likeness (QED) is 0.315. The minimum atomic E-state index is -3.36. The van der Waals surface area contributed by atoms with Crippen LogP contribution in [-0.4, -0.2) is 40.8 Å². The highest BCUT2D eigenvalue weighted by Crippen LogP contribution is 2.28. The summed E-state index contributed by atoms with van der Waals surface area (Å²) < 4.78 is 30.0. The lowest BCUT2D eigenvalue weighted by Crippen LogP contribution is -2.24. The molecule has 0 fully saturated rings. The molecule has 0 saturated carbocycles. The van der Waals surface area contributed by atoms with Gasteiger partial charge in [-0.05, 0) is 64.7 Å².